The lowest BCUT2D eigenvalue weighted by molar-refractivity contribution is -0.184. The number of rotatable bonds is 6. The SMILES string of the molecule is CC1(C)C(/C=C(/Cl)C(F)(F)F)C1(C(=O)O)C(c1cncc(Oc2ccccc2)c1)C(F)(F)F. The standard InChI is InChI=1S/C22H18ClF6NO3/c1-19(2)15(9-16(23)21(24,25)26)20(19,18(31)32)17(22(27,28)29)12-8-14(11-30-10-12)33-13-6-4-3-5-7-13/h3-11,15,17H,1-2H3,(H,31,32)/b16-9+. The molecule has 1 N–H and O–H groups in total. The Bertz CT molecular complexity index is 1070. The van der Waals surface area contributed by atoms with Gasteiger partial charge in [-0.15, -0.1) is 0 Å². The highest BCUT2D eigenvalue weighted by Crippen LogP contribution is 2.77. The van der Waals surface area contributed by atoms with Crippen LogP contribution in [0.25, 0.3) is 0 Å². The van der Waals surface area contributed by atoms with E-state index >= 15 is 0 Å². The fourth-order valence-electron chi connectivity index (χ4n) is 4.49. The van der Waals surface area contributed by atoms with Gasteiger partial charge in [-0.3, -0.25) is 9.78 Å². The highest BCUT2D eigenvalue weighted by Gasteiger charge is 2.82. The van der Waals surface area contributed by atoms with Crippen LogP contribution in [-0.4, -0.2) is 28.4 Å². The van der Waals surface area contributed by atoms with Crippen LogP contribution < -0.4 is 4.74 Å². The monoisotopic (exact) mass is 493 g/mol. The third-order valence-electron chi connectivity index (χ3n) is 6.02. The van der Waals surface area contributed by atoms with Gasteiger partial charge in [-0.1, -0.05) is 49.7 Å². The zero-order chi connectivity index (χ0) is 24.8. The molecule has 3 rings (SSSR count). The van der Waals surface area contributed by atoms with E-state index in [9.17, 15) is 36.2 Å². The van der Waals surface area contributed by atoms with E-state index in [0.717, 1.165) is 18.5 Å². The van der Waals surface area contributed by atoms with Crippen molar-refractivity contribution in [3.05, 3.63) is 65.5 Å². The smallest absolute Gasteiger partial charge is 0.426 e. The Hall–Kier alpha value is -2.75. The summed E-state index contributed by atoms with van der Waals surface area (Å²) in [4.78, 5) is 16.0. The minimum absolute atomic E-state index is 0.0904. The summed E-state index contributed by atoms with van der Waals surface area (Å²) in [5.41, 5.74) is -4.91. The number of alkyl halides is 6. The maximum Gasteiger partial charge on any atom is 0.426 e. The molecule has 1 aliphatic carbocycles. The van der Waals surface area contributed by atoms with Gasteiger partial charge in [-0.2, -0.15) is 26.3 Å². The van der Waals surface area contributed by atoms with E-state index in [2.05, 4.69) is 4.98 Å². The van der Waals surface area contributed by atoms with Crippen molar-refractivity contribution < 1.29 is 41.0 Å². The molecular formula is C22H18ClF6NO3. The predicted octanol–water partition coefficient (Wildman–Crippen LogP) is 6.93. The van der Waals surface area contributed by atoms with Crippen LogP contribution in [-0.2, 0) is 4.79 Å². The minimum Gasteiger partial charge on any atom is -0.481 e. The summed E-state index contributed by atoms with van der Waals surface area (Å²) in [6, 6.07) is 9.07. The number of halogens is 7. The first-order valence-corrected chi connectivity index (χ1v) is 9.93. The number of hydrogen-bond donors (Lipinski definition) is 1. The van der Waals surface area contributed by atoms with E-state index in [1.807, 2.05) is 0 Å². The van der Waals surface area contributed by atoms with Crippen LogP contribution in [0.5, 0.6) is 11.5 Å². The number of pyridine rings is 1. The summed E-state index contributed by atoms with van der Waals surface area (Å²) in [6.07, 6.45) is -7.82. The van der Waals surface area contributed by atoms with E-state index in [1.54, 1.807) is 30.3 Å². The van der Waals surface area contributed by atoms with E-state index in [-0.39, 0.29) is 5.75 Å². The van der Waals surface area contributed by atoms with Gasteiger partial charge in [0.15, 0.2) is 0 Å². The Kier molecular flexibility index (Phi) is 6.21. The summed E-state index contributed by atoms with van der Waals surface area (Å²) >= 11 is 5.26. The van der Waals surface area contributed by atoms with Crippen LogP contribution in [0.1, 0.15) is 25.3 Å². The summed E-state index contributed by atoms with van der Waals surface area (Å²) in [6.45, 7) is 2.33. The van der Waals surface area contributed by atoms with Crippen molar-refractivity contribution in [2.75, 3.05) is 0 Å². The van der Waals surface area contributed by atoms with E-state index in [4.69, 9.17) is 16.3 Å². The zero-order valence-electron chi connectivity index (χ0n) is 17.2. The predicted molar refractivity (Wildman–Crippen MR) is 107 cm³/mol. The third kappa shape index (κ3) is 4.40. The number of carboxylic acids is 1. The Morgan fingerprint density at radius 3 is 2.24 bits per heavy atom. The van der Waals surface area contributed by atoms with E-state index < -0.39 is 51.6 Å². The van der Waals surface area contributed by atoms with Crippen molar-refractivity contribution in [1.29, 1.82) is 0 Å². The molecule has 1 saturated carbocycles. The summed E-state index contributed by atoms with van der Waals surface area (Å²) in [7, 11) is 0. The largest absolute Gasteiger partial charge is 0.481 e. The molecular weight excluding hydrogens is 476 g/mol. The molecule has 0 amide bonds. The van der Waals surface area contributed by atoms with Gasteiger partial charge in [-0.05, 0) is 29.2 Å². The summed E-state index contributed by atoms with van der Waals surface area (Å²) < 4.78 is 87.4. The maximum atomic E-state index is 14.3. The molecule has 11 heteroatoms. The van der Waals surface area contributed by atoms with Crippen molar-refractivity contribution >= 4 is 17.6 Å². The Labute approximate surface area is 189 Å². The van der Waals surface area contributed by atoms with Crippen LogP contribution in [0.3, 0.4) is 0 Å². The first-order valence-electron chi connectivity index (χ1n) is 9.56. The molecule has 1 heterocycles. The molecule has 0 radical (unpaired) electrons. The number of carbonyl (C=O) groups is 1. The van der Waals surface area contributed by atoms with Gasteiger partial charge in [0.1, 0.15) is 16.5 Å². The number of para-hydroxylation sites is 1. The molecule has 1 aromatic carbocycles. The van der Waals surface area contributed by atoms with Crippen molar-refractivity contribution in [2.45, 2.75) is 32.1 Å². The van der Waals surface area contributed by atoms with Gasteiger partial charge < -0.3 is 9.84 Å². The molecule has 1 aliphatic rings. The Morgan fingerprint density at radius 2 is 1.73 bits per heavy atom. The highest BCUT2D eigenvalue weighted by atomic mass is 35.5. The summed E-state index contributed by atoms with van der Waals surface area (Å²) in [5, 5.41) is 8.24. The number of allylic oxidation sites excluding steroid dienone is 2. The van der Waals surface area contributed by atoms with Gasteiger partial charge in [-0.25, -0.2) is 0 Å². The Balaban J connectivity index is 2.12. The van der Waals surface area contributed by atoms with Gasteiger partial charge >= 0.3 is 18.3 Å². The molecule has 4 nitrogen and oxygen atoms in total. The fourth-order valence-corrected chi connectivity index (χ4v) is 4.61. The molecule has 2 aromatic rings. The van der Waals surface area contributed by atoms with Crippen molar-refractivity contribution in [2.24, 2.45) is 16.7 Å². The third-order valence-corrected chi connectivity index (χ3v) is 6.36. The lowest BCUT2D eigenvalue weighted by atomic mass is 9.77. The van der Waals surface area contributed by atoms with Crippen LogP contribution in [0.4, 0.5) is 26.3 Å². The molecule has 178 valence electrons. The average Bonchev–Trinajstić information content (AvgIpc) is 3.16. The quantitative estimate of drug-likeness (QED) is 0.443. The molecule has 1 fully saturated rings. The second kappa shape index (κ2) is 8.23. The molecule has 0 spiro atoms. The van der Waals surface area contributed by atoms with Crippen LogP contribution in [0, 0.1) is 16.7 Å². The second-order valence-corrected chi connectivity index (χ2v) is 8.64. The highest BCUT2D eigenvalue weighted by molar-refractivity contribution is 6.30. The molecule has 0 bridgehead atoms. The first kappa shape index (κ1) is 24.9. The first-order chi connectivity index (χ1) is 15.1. The summed E-state index contributed by atoms with van der Waals surface area (Å²) in [5.74, 6) is -6.01. The fraction of sp³-hybridized carbons (Fsp3) is 0.364. The lowest BCUT2D eigenvalue weighted by Crippen LogP contribution is -2.38. The molecule has 3 unspecified atom stereocenters. The van der Waals surface area contributed by atoms with Crippen molar-refractivity contribution in [3.8, 4) is 11.5 Å². The van der Waals surface area contributed by atoms with Crippen LogP contribution >= 0.6 is 11.6 Å². The van der Waals surface area contributed by atoms with E-state index in [1.165, 1.54) is 13.8 Å². The van der Waals surface area contributed by atoms with Crippen LogP contribution in [0.2, 0.25) is 0 Å². The molecule has 3 atom stereocenters. The maximum absolute atomic E-state index is 14.3. The van der Waals surface area contributed by atoms with Crippen molar-refractivity contribution in [3.63, 3.8) is 0 Å². The molecule has 33 heavy (non-hydrogen) atoms. The normalized spacial score (nSPS) is 23.7. The number of nitrogens with zero attached hydrogens (tertiary/aromatic N) is 1. The second-order valence-electron chi connectivity index (χ2n) is 8.23. The van der Waals surface area contributed by atoms with Gasteiger partial charge in [0, 0.05) is 12.1 Å². The number of ether oxygens (including phenoxy) is 1. The van der Waals surface area contributed by atoms with Gasteiger partial charge in [0.2, 0.25) is 0 Å². The van der Waals surface area contributed by atoms with Crippen LogP contribution in [0.15, 0.2) is 59.9 Å². The number of aliphatic carboxylic acids is 1. The molecule has 1 aromatic heterocycles. The van der Waals surface area contributed by atoms with E-state index in [0.29, 0.717) is 11.8 Å². The van der Waals surface area contributed by atoms with Gasteiger partial charge in [0.25, 0.3) is 0 Å². The number of aromatic nitrogens is 1. The Morgan fingerprint density at radius 1 is 1.12 bits per heavy atom. The number of carboxylic acid groups (broad SMARTS) is 1. The molecule has 0 saturated heterocycles. The van der Waals surface area contributed by atoms with Crippen molar-refractivity contribution in [1.82, 2.24) is 4.98 Å². The van der Waals surface area contributed by atoms with Gasteiger partial charge in [0.05, 0.1) is 17.5 Å². The topological polar surface area (TPSA) is 59.4 Å². The lowest BCUT2D eigenvalue weighted by Gasteiger charge is -2.29. The zero-order valence-corrected chi connectivity index (χ0v) is 18.0. The molecule has 0 aliphatic heterocycles. The average molecular weight is 494 g/mol. The minimum atomic E-state index is -5.13. The number of hydrogen-bond acceptors (Lipinski definition) is 3. The number of benzene rings is 1.